The number of hydrogen-bond acceptors (Lipinski definition) is 5. The van der Waals surface area contributed by atoms with Gasteiger partial charge in [-0.25, -0.2) is 0 Å². The lowest BCUT2D eigenvalue weighted by Gasteiger charge is -2.26. The molecule has 0 radical (unpaired) electrons. The molecule has 2 aliphatic heterocycles. The van der Waals surface area contributed by atoms with Crippen LogP contribution in [0.1, 0.15) is 32.6 Å². The summed E-state index contributed by atoms with van der Waals surface area (Å²) in [6.45, 7) is 3.18. The minimum atomic E-state index is -0.617. The van der Waals surface area contributed by atoms with Gasteiger partial charge in [-0.1, -0.05) is 0 Å². The molecule has 5 nitrogen and oxygen atoms in total. The van der Waals surface area contributed by atoms with Gasteiger partial charge < -0.3 is 18.9 Å². The van der Waals surface area contributed by atoms with Gasteiger partial charge in [0, 0.05) is 13.0 Å². The molecule has 17 heavy (non-hydrogen) atoms. The highest BCUT2D eigenvalue weighted by atomic mass is 16.7. The third kappa shape index (κ3) is 3.40. The van der Waals surface area contributed by atoms with E-state index in [1.165, 1.54) is 7.11 Å². The Hall–Kier alpha value is -0.650. The van der Waals surface area contributed by atoms with Crippen molar-refractivity contribution in [2.24, 2.45) is 0 Å². The van der Waals surface area contributed by atoms with Gasteiger partial charge in [-0.05, 0) is 19.8 Å². The Bertz CT molecular complexity index is 274. The average molecular weight is 244 g/mol. The van der Waals surface area contributed by atoms with Gasteiger partial charge in [0.15, 0.2) is 5.79 Å². The number of hydrogen-bond donors (Lipinski definition) is 0. The fourth-order valence-corrected chi connectivity index (χ4v) is 2.39. The molecule has 3 unspecified atom stereocenters. The fourth-order valence-electron chi connectivity index (χ4n) is 2.39. The molecule has 0 spiro atoms. The molecule has 0 aromatic heterocycles. The van der Waals surface area contributed by atoms with Gasteiger partial charge in [-0.15, -0.1) is 0 Å². The number of carbonyl (C=O) groups excluding carboxylic acids is 1. The Morgan fingerprint density at radius 1 is 1.47 bits per heavy atom. The van der Waals surface area contributed by atoms with Crippen molar-refractivity contribution in [3.05, 3.63) is 0 Å². The maximum atomic E-state index is 11.1. The molecule has 0 aliphatic carbocycles. The van der Waals surface area contributed by atoms with Crippen molar-refractivity contribution in [2.45, 2.75) is 50.6 Å². The van der Waals surface area contributed by atoms with Crippen LogP contribution in [0.3, 0.4) is 0 Å². The van der Waals surface area contributed by atoms with Crippen LogP contribution in [-0.4, -0.2) is 44.3 Å². The van der Waals surface area contributed by atoms with E-state index in [1.807, 2.05) is 6.92 Å². The molecule has 2 rings (SSSR count). The zero-order chi connectivity index (χ0) is 12.3. The minimum Gasteiger partial charge on any atom is -0.469 e. The quantitative estimate of drug-likeness (QED) is 0.697. The van der Waals surface area contributed by atoms with E-state index in [9.17, 15) is 4.79 Å². The molecular formula is C12H20O5. The van der Waals surface area contributed by atoms with Crippen LogP contribution in [0.15, 0.2) is 0 Å². The minimum absolute atomic E-state index is 0.200. The molecule has 0 bridgehead atoms. The fraction of sp³-hybridized carbons (Fsp3) is 0.917. The molecule has 98 valence electrons. The summed E-state index contributed by atoms with van der Waals surface area (Å²) in [4.78, 5) is 11.1. The molecule has 5 heteroatoms. The zero-order valence-electron chi connectivity index (χ0n) is 10.4. The van der Waals surface area contributed by atoms with Gasteiger partial charge in [0.1, 0.15) is 0 Å². The van der Waals surface area contributed by atoms with Crippen LogP contribution in [0.25, 0.3) is 0 Å². The third-order valence-corrected chi connectivity index (χ3v) is 3.23. The van der Waals surface area contributed by atoms with Crippen LogP contribution in [0.4, 0.5) is 0 Å². The largest absolute Gasteiger partial charge is 0.469 e. The standard InChI is InChI=1S/C12H20O5/c1-12(7-9-4-3-5-15-9)16-8-10(17-12)6-11(13)14-2/h9-10H,3-8H2,1-2H3. The first kappa shape index (κ1) is 12.8. The first-order valence-corrected chi connectivity index (χ1v) is 6.11. The molecule has 3 atom stereocenters. The van der Waals surface area contributed by atoms with Crippen LogP contribution in [-0.2, 0) is 23.7 Å². The van der Waals surface area contributed by atoms with E-state index in [1.54, 1.807) is 0 Å². The highest BCUT2D eigenvalue weighted by molar-refractivity contribution is 5.69. The van der Waals surface area contributed by atoms with Crippen molar-refractivity contribution in [3.8, 4) is 0 Å². The van der Waals surface area contributed by atoms with Crippen molar-refractivity contribution < 1.29 is 23.7 Å². The number of carbonyl (C=O) groups is 1. The van der Waals surface area contributed by atoms with Crippen LogP contribution in [0.2, 0.25) is 0 Å². The lowest BCUT2D eigenvalue weighted by atomic mass is 10.1. The van der Waals surface area contributed by atoms with Gasteiger partial charge >= 0.3 is 5.97 Å². The van der Waals surface area contributed by atoms with E-state index in [0.717, 1.165) is 25.9 Å². The van der Waals surface area contributed by atoms with E-state index < -0.39 is 5.79 Å². The monoisotopic (exact) mass is 244 g/mol. The molecule has 0 saturated carbocycles. The van der Waals surface area contributed by atoms with Crippen LogP contribution >= 0.6 is 0 Å². The van der Waals surface area contributed by atoms with Crippen molar-refractivity contribution in [3.63, 3.8) is 0 Å². The van der Waals surface area contributed by atoms with E-state index in [2.05, 4.69) is 4.74 Å². The Morgan fingerprint density at radius 3 is 2.94 bits per heavy atom. The van der Waals surface area contributed by atoms with Crippen LogP contribution in [0, 0.1) is 0 Å². The van der Waals surface area contributed by atoms with Crippen LogP contribution < -0.4 is 0 Å². The van der Waals surface area contributed by atoms with Crippen molar-refractivity contribution in [1.82, 2.24) is 0 Å². The molecule has 2 heterocycles. The van der Waals surface area contributed by atoms with E-state index in [-0.39, 0.29) is 24.6 Å². The molecule has 0 N–H and O–H groups in total. The third-order valence-electron chi connectivity index (χ3n) is 3.23. The number of ether oxygens (including phenoxy) is 4. The molecule has 0 amide bonds. The molecule has 0 aromatic carbocycles. The van der Waals surface area contributed by atoms with E-state index in [4.69, 9.17) is 14.2 Å². The Balaban J connectivity index is 1.80. The normalized spacial score (nSPS) is 37.3. The van der Waals surface area contributed by atoms with Crippen molar-refractivity contribution >= 4 is 5.97 Å². The predicted molar refractivity (Wildman–Crippen MR) is 59.5 cm³/mol. The van der Waals surface area contributed by atoms with Gasteiger partial charge in [0.05, 0.1) is 32.3 Å². The topological polar surface area (TPSA) is 54.0 Å². The zero-order valence-corrected chi connectivity index (χ0v) is 10.4. The summed E-state index contributed by atoms with van der Waals surface area (Å²) in [7, 11) is 1.38. The summed E-state index contributed by atoms with van der Waals surface area (Å²) in [6, 6.07) is 0. The molecule has 2 fully saturated rings. The molecule has 2 aliphatic rings. The van der Waals surface area contributed by atoms with Crippen molar-refractivity contribution in [2.75, 3.05) is 20.3 Å². The maximum absolute atomic E-state index is 11.1. The highest BCUT2D eigenvalue weighted by Crippen LogP contribution is 2.32. The van der Waals surface area contributed by atoms with Gasteiger partial charge in [0.2, 0.25) is 0 Å². The van der Waals surface area contributed by atoms with Crippen molar-refractivity contribution in [1.29, 1.82) is 0 Å². The second kappa shape index (κ2) is 5.33. The SMILES string of the molecule is COC(=O)CC1COC(C)(CC2CCCO2)O1. The average Bonchev–Trinajstić information content (AvgIpc) is 2.89. The summed E-state index contributed by atoms with van der Waals surface area (Å²) in [5, 5.41) is 0. The lowest BCUT2D eigenvalue weighted by Crippen LogP contribution is -2.32. The summed E-state index contributed by atoms with van der Waals surface area (Å²) >= 11 is 0. The smallest absolute Gasteiger partial charge is 0.308 e. The Morgan fingerprint density at radius 2 is 2.29 bits per heavy atom. The predicted octanol–water partition coefficient (Wildman–Crippen LogP) is 1.25. The van der Waals surface area contributed by atoms with Crippen LogP contribution in [0.5, 0.6) is 0 Å². The van der Waals surface area contributed by atoms with E-state index in [0.29, 0.717) is 6.61 Å². The molecular weight excluding hydrogens is 224 g/mol. The Labute approximate surface area is 101 Å². The second-order valence-corrected chi connectivity index (χ2v) is 4.80. The first-order chi connectivity index (χ1) is 8.11. The van der Waals surface area contributed by atoms with E-state index >= 15 is 0 Å². The first-order valence-electron chi connectivity index (χ1n) is 6.11. The van der Waals surface area contributed by atoms with Gasteiger partial charge in [-0.2, -0.15) is 0 Å². The number of esters is 1. The lowest BCUT2D eigenvalue weighted by molar-refractivity contribution is -0.176. The number of rotatable bonds is 4. The highest BCUT2D eigenvalue weighted by Gasteiger charge is 2.40. The van der Waals surface area contributed by atoms with Gasteiger partial charge in [-0.3, -0.25) is 4.79 Å². The number of methoxy groups -OCH3 is 1. The summed E-state index contributed by atoms with van der Waals surface area (Å²) < 4.78 is 21.6. The maximum Gasteiger partial charge on any atom is 0.308 e. The van der Waals surface area contributed by atoms with Gasteiger partial charge in [0.25, 0.3) is 0 Å². The molecule has 2 saturated heterocycles. The summed E-state index contributed by atoms with van der Waals surface area (Å²) in [6.07, 6.45) is 3.16. The Kier molecular flexibility index (Phi) is 4.01. The molecule has 0 aromatic rings. The second-order valence-electron chi connectivity index (χ2n) is 4.80. The summed E-state index contributed by atoms with van der Waals surface area (Å²) in [5.41, 5.74) is 0. The summed E-state index contributed by atoms with van der Waals surface area (Å²) in [5.74, 6) is -0.881.